The monoisotopic (exact) mass is 316 g/mol. The number of hydrogen-bond donors (Lipinski definition) is 0. The van der Waals surface area contributed by atoms with Crippen LogP contribution in [0.25, 0.3) is 33.7 Å². The van der Waals surface area contributed by atoms with Crippen molar-refractivity contribution >= 4 is 16.8 Å². The van der Waals surface area contributed by atoms with Gasteiger partial charge in [-0.15, -0.1) is 0 Å². The van der Waals surface area contributed by atoms with Gasteiger partial charge >= 0.3 is 0 Å². The minimum atomic E-state index is -0.380. The van der Waals surface area contributed by atoms with Gasteiger partial charge in [0.1, 0.15) is 5.52 Å². The Bertz CT molecular complexity index is 1040. The molecule has 24 heavy (non-hydrogen) atoms. The van der Waals surface area contributed by atoms with Gasteiger partial charge in [-0.05, 0) is 35.9 Å². The highest BCUT2D eigenvalue weighted by Gasteiger charge is 2.16. The lowest BCUT2D eigenvalue weighted by Gasteiger charge is -2.02. The fourth-order valence-corrected chi connectivity index (χ4v) is 2.67. The van der Waals surface area contributed by atoms with Crippen molar-refractivity contribution < 1.29 is 9.34 Å². The Hall–Kier alpha value is -3.47. The molecule has 0 bridgehead atoms. The molecule has 0 fully saturated rings. The zero-order valence-electron chi connectivity index (χ0n) is 12.5. The summed E-state index contributed by atoms with van der Waals surface area (Å²) in [5.74, 6) is 0.533. The average molecular weight is 316 g/mol. The molecule has 5 heteroatoms. The second-order valence-corrected chi connectivity index (χ2v) is 5.34. The molecule has 1 heterocycles. The van der Waals surface area contributed by atoms with Gasteiger partial charge in [0.15, 0.2) is 5.58 Å². The molecule has 3 aromatic carbocycles. The van der Waals surface area contributed by atoms with Gasteiger partial charge < -0.3 is 4.42 Å². The van der Waals surface area contributed by atoms with Crippen molar-refractivity contribution in [2.75, 3.05) is 0 Å². The maximum absolute atomic E-state index is 11.2. The van der Waals surface area contributed by atoms with E-state index in [0.29, 0.717) is 17.0 Å². The summed E-state index contributed by atoms with van der Waals surface area (Å²) in [4.78, 5) is 15.3. The molecular weight excluding hydrogens is 304 g/mol. The molecule has 4 aromatic rings. The number of para-hydroxylation sites is 1. The average Bonchev–Trinajstić information content (AvgIpc) is 3.05. The van der Waals surface area contributed by atoms with E-state index in [-0.39, 0.29) is 10.6 Å². The summed E-state index contributed by atoms with van der Waals surface area (Å²) in [6.45, 7) is 0. The zero-order valence-corrected chi connectivity index (χ0v) is 12.5. The summed E-state index contributed by atoms with van der Waals surface area (Å²) in [6, 6.07) is 21.7. The zero-order chi connectivity index (χ0) is 16.5. The predicted octanol–water partition coefficient (Wildman–Crippen LogP) is 5.07. The van der Waals surface area contributed by atoms with Crippen LogP contribution in [0.15, 0.2) is 77.2 Å². The summed E-state index contributed by atoms with van der Waals surface area (Å²) in [5.41, 5.74) is 3.56. The Morgan fingerprint density at radius 1 is 0.875 bits per heavy atom. The number of fused-ring (bicyclic) bond motifs is 1. The molecule has 4 rings (SSSR count). The van der Waals surface area contributed by atoms with Crippen LogP contribution in [0.5, 0.6) is 0 Å². The minimum Gasteiger partial charge on any atom is -0.436 e. The van der Waals surface area contributed by atoms with E-state index in [1.54, 1.807) is 24.3 Å². The maximum atomic E-state index is 11.2. The number of nitrogens with zero attached hydrogens (tertiary/aromatic N) is 2. The number of rotatable bonds is 3. The van der Waals surface area contributed by atoms with Crippen molar-refractivity contribution in [1.82, 2.24) is 4.98 Å². The highest BCUT2D eigenvalue weighted by molar-refractivity contribution is 5.84. The quantitative estimate of drug-likeness (QED) is 0.391. The lowest BCUT2D eigenvalue weighted by molar-refractivity contribution is -0.384. The fourth-order valence-electron chi connectivity index (χ4n) is 2.67. The van der Waals surface area contributed by atoms with Crippen LogP contribution in [-0.2, 0) is 0 Å². The van der Waals surface area contributed by atoms with Crippen LogP contribution in [-0.4, -0.2) is 9.91 Å². The normalized spacial score (nSPS) is 10.8. The van der Waals surface area contributed by atoms with Crippen LogP contribution in [0.4, 0.5) is 5.69 Å². The number of nitro groups is 1. The first-order valence-corrected chi connectivity index (χ1v) is 7.42. The van der Waals surface area contributed by atoms with E-state index >= 15 is 0 Å². The largest absolute Gasteiger partial charge is 0.436 e. The second-order valence-electron chi connectivity index (χ2n) is 5.34. The van der Waals surface area contributed by atoms with Gasteiger partial charge in [-0.25, -0.2) is 4.98 Å². The molecule has 1 aromatic heterocycles. The highest BCUT2D eigenvalue weighted by atomic mass is 16.6. The summed E-state index contributed by atoms with van der Waals surface area (Å²) >= 11 is 0. The van der Waals surface area contributed by atoms with E-state index in [0.717, 1.165) is 16.6 Å². The molecule has 0 radical (unpaired) electrons. The standard InChI is InChI=1S/C19H12N2O3/c22-21(23)17-9-5-4-8-15(17)14-10-11-16-18(12-14)24-19(20-16)13-6-2-1-3-7-13/h1-12H. The van der Waals surface area contributed by atoms with Gasteiger partial charge in [0.05, 0.1) is 10.5 Å². The fraction of sp³-hybridized carbons (Fsp3) is 0. The Morgan fingerprint density at radius 2 is 1.62 bits per heavy atom. The van der Waals surface area contributed by atoms with Gasteiger partial charge in [0.2, 0.25) is 5.89 Å². The molecular formula is C19H12N2O3. The summed E-state index contributed by atoms with van der Waals surface area (Å²) in [7, 11) is 0. The first kappa shape index (κ1) is 14.1. The van der Waals surface area contributed by atoms with Crippen LogP contribution < -0.4 is 0 Å². The molecule has 0 aliphatic carbocycles. The third-order valence-electron chi connectivity index (χ3n) is 3.82. The molecule has 0 N–H and O–H groups in total. The van der Waals surface area contributed by atoms with Gasteiger partial charge in [0.25, 0.3) is 5.69 Å². The number of nitro benzene ring substituents is 1. The van der Waals surface area contributed by atoms with Crippen molar-refractivity contribution in [2.45, 2.75) is 0 Å². The highest BCUT2D eigenvalue weighted by Crippen LogP contribution is 2.33. The Morgan fingerprint density at radius 3 is 2.42 bits per heavy atom. The Labute approximate surface area is 137 Å². The molecule has 0 atom stereocenters. The van der Waals surface area contributed by atoms with Crippen molar-refractivity contribution in [3.05, 3.63) is 82.9 Å². The summed E-state index contributed by atoms with van der Waals surface area (Å²) in [6.07, 6.45) is 0. The van der Waals surface area contributed by atoms with Gasteiger partial charge in [-0.1, -0.05) is 36.4 Å². The smallest absolute Gasteiger partial charge is 0.277 e. The number of benzene rings is 3. The summed E-state index contributed by atoms with van der Waals surface area (Å²) in [5, 5.41) is 11.2. The van der Waals surface area contributed by atoms with Crippen LogP contribution in [0.1, 0.15) is 0 Å². The molecule has 0 unspecified atom stereocenters. The van der Waals surface area contributed by atoms with E-state index in [1.807, 2.05) is 42.5 Å². The minimum absolute atomic E-state index is 0.0691. The van der Waals surface area contributed by atoms with Gasteiger partial charge in [0, 0.05) is 11.6 Å². The van der Waals surface area contributed by atoms with Gasteiger partial charge in [-0.2, -0.15) is 0 Å². The number of oxazole rings is 1. The van der Waals surface area contributed by atoms with E-state index in [9.17, 15) is 10.1 Å². The van der Waals surface area contributed by atoms with Gasteiger partial charge in [-0.3, -0.25) is 10.1 Å². The first-order chi connectivity index (χ1) is 11.7. The van der Waals surface area contributed by atoms with Crippen LogP contribution in [0.2, 0.25) is 0 Å². The van der Waals surface area contributed by atoms with E-state index in [1.165, 1.54) is 6.07 Å². The molecule has 0 aliphatic heterocycles. The Balaban J connectivity index is 1.84. The number of aromatic nitrogens is 1. The van der Waals surface area contributed by atoms with Crippen molar-refractivity contribution in [2.24, 2.45) is 0 Å². The third-order valence-corrected chi connectivity index (χ3v) is 3.82. The third kappa shape index (κ3) is 2.42. The van der Waals surface area contributed by atoms with E-state index < -0.39 is 0 Å². The molecule has 0 saturated heterocycles. The molecule has 0 saturated carbocycles. The molecule has 5 nitrogen and oxygen atoms in total. The van der Waals surface area contributed by atoms with E-state index in [2.05, 4.69) is 4.98 Å². The summed E-state index contributed by atoms with van der Waals surface area (Å²) < 4.78 is 5.84. The lowest BCUT2D eigenvalue weighted by atomic mass is 10.0. The van der Waals surface area contributed by atoms with Crippen LogP contribution >= 0.6 is 0 Å². The second kappa shape index (κ2) is 5.62. The Kier molecular flexibility index (Phi) is 3.31. The maximum Gasteiger partial charge on any atom is 0.277 e. The SMILES string of the molecule is O=[N+]([O-])c1ccccc1-c1ccc2nc(-c3ccccc3)oc2c1. The van der Waals surface area contributed by atoms with Crippen molar-refractivity contribution in [1.29, 1.82) is 0 Å². The molecule has 0 aliphatic rings. The lowest BCUT2D eigenvalue weighted by Crippen LogP contribution is -1.91. The molecule has 0 amide bonds. The van der Waals surface area contributed by atoms with E-state index in [4.69, 9.17) is 4.42 Å². The van der Waals surface area contributed by atoms with Crippen molar-refractivity contribution in [3.63, 3.8) is 0 Å². The molecule has 116 valence electrons. The van der Waals surface area contributed by atoms with Crippen LogP contribution in [0.3, 0.4) is 0 Å². The first-order valence-electron chi connectivity index (χ1n) is 7.42. The van der Waals surface area contributed by atoms with Crippen LogP contribution in [0, 0.1) is 10.1 Å². The topological polar surface area (TPSA) is 69.2 Å². The number of hydrogen-bond acceptors (Lipinski definition) is 4. The van der Waals surface area contributed by atoms with Crippen molar-refractivity contribution in [3.8, 4) is 22.6 Å². The predicted molar refractivity (Wildman–Crippen MR) is 91.5 cm³/mol. The molecule has 0 spiro atoms.